The molecule has 1 aromatic carbocycles. The molecule has 0 aliphatic rings. The maximum Gasteiger partial charge on any atom is 1.00 e. The molecule has 1 N–H and O–H groups in total. The van der Waals surface area contributed by atoms with Crippen molar-refractivity contribution >= 4 is 44.3 Å². The molecule has 0 fully saturated rings. The van der Waals surface area contributed by atoms with E-state index in [1.807, 2.05) is 22.6 Å². The summed E-state index contributed by atoms with van der Waals surface area (Å²) in [6.07, 6.45) is 0. The molecule has 0 unspecified atom stereocenters. The Morgan fingerprint density at radius 1 is 1.29 bits per heavy atom. The van der Waals surface area contributed by atoms with E-state index < -0.39 is 10.1 Å². The van der Waals surface area contributed by atoms with Gasteiger partial charge in [-0.15, -0.1) is 0 Å². The van der Waals surface area contributed by atoms with Crippen LogP contribution in [0.4, 0.5) is 5.69 Å². The number of amides is 1. The van der Waals surface area contributed by atoms with Crippen LogP contribution in [0, 0.1) is 0 Å². The normalized spacial score (nSPS) is 9.76. The summed E-state index contributed by atoms with van der Waals surface area (Å²) in [6, 6.07) is 5.06. The Hall–Kier alpha value is 1.33. The number of benzene rings is 1. The number of hydrogen-bond acceptors (Lipinski definition) is 4. The van der Waals surface area contributed by atoms with Crippen LogP contribution in [-0.2, 0) is 14.9 Å². The third-order valence-corrected chi connectivity index (χ3v) is 3.09. The van der Waals surface area contributed by atoms with Crippen molar-refractivity contribution in [3.63, 3.8) is 0 Å². The summed E-state index contributed by atoms with van der Waals surface area (Å²) in [7, 11) is -4.42. The van der Waals surface area contributed by atoms with E-state index in [4.69, 9.17) is 0 Å². The zero-order valence-electron chi connectivity index (χ0n) is 10.4. The first kappa shape index (κ1) is 20.6. The molecule has 0 saturated carbocycles. The van der Waals surface area contributed by atoms with E-state index in [0.717, 1.165) is 12.1 Å². The fraction of sp³-hybridized carbons (Fsp3) is 0.125. The molecule has 9 heteroatoms. The van der Waals surface area contributed by atoms with Crippen molar-refractivity contribution < 1.29 is 78.3 Å². The predicted octanol–water partition coefficient (Wildman–Crippen LogP) is -4.92. The molecule has 0 radical (unpaired) electrons. The van der Waals surface area contributed by atoms with Crippen molar-refractivity contribution in [3.05, 3.63) is 24.3 Å². The maximum absolute atomic E-state index is 11.0. The van der Waals surface area contributed by atoms with Gasteiger partial charge in [-0.25, -0.2) is 8.42 Å². The van der Waals surface area contributed by atoms with Gasteiger partial charge in [-0.05, 0) is 24.3 Å². The van der Waals surface area contributed by atoms with Crippen molar-refractivity contribution in [1.82, 2.24) is 0 Å². The van der Waals surface area contributed by atoms with Gasteiger partial charge in [-0.1, -0.05) is 22.6 Å². The van der Waals surface area contributed by atoms with Crippen LogP contribution in [0.2, 0.25) is 0 Å². The van der Waals surface area contributed by atoms with E-state index >= 15 is 0 Å². The molecule has 0 aliphatic heterocycles. The minimum Gasteiger partial charge on any atom is -1.00 e. The number of nitrogens with one attached hydrogen (secondary N) is 1. The number of alkyl halides is 1. The first-order valence-electron chi connectivity index (χ1n) is 3.85. The summed E-state index contributed by atoms with van der Waals surface area (Å²) in [5, 5.41) is 2.53. The van der Waals surface area contributed by atoms with Gasteiger partial charge in [0.05, 0.1) is 9.32 Å². The molecule has 0 aromatic heterocycles. The molecule has 5 nitrogen and oxygen atoms in total. The van der Waals surface area contributed by atoms with Gasteiger partial charge in [0.15, 0.2) is 0 Å². The van der Waals surface area contributed by atoms with Gasteiger partial charge in [0.2, 0.25) is 5.91 Å². The predicted molar refractivity (Wildman–Crippen MR) is 63.0 cm³/mol. The second kappa shape index (κ2) is 9.27. The van der Waals surface area contributed by atoms with E-state index in [2.05, 4.69) is 5.32 Å². The summed E-state index contributed by atoms with van der Waals surface area (Å²) < 4.78 is 32.0. The number of carbonyl (C=O) groups is 1. The van der Waals surface area contributed by atoms with Gasteiger partial charge in [0.25, 0.3) is 0 Å². The summed E-state index contributed by atoms with van der Waals surface area (Å²) in [5.74, 6) is -0.187. The fourth-order valence-corrected chi connectivity index (χ4v) is 1.56. The third kappa shape index (κ3) is 7.48. The van der Waals surface area contributed by atoms with Gasteiger partial charge in [0, 0.05) is 5.69 Å². The van der Waals surface area contributed by atoms with Crippen LogP contribution in [0.1, 0.15) is 1.43 Å². The number of halogens is 1. The summed E-state index contributed by atoms with van der Waals surface area (Å²) in [6.45, 7) is 0. The van der Waals surface area contributed by atoms with E-state index in [1.54, 1.807) is 0 Å². The summed E-state index contributed by atoms with van der Waals surface area (Å²) >= 11 is 1.90. The largest absolute Gasteiger partial charge is 1.00 e. The van der Waals surface area contributed by atoms with Crippen LogP contribution in [0.15, 0.2) is 29.2 Å². The number of rotatable bonds is 3. The van der Waals surface area contributed by atoms with Crippen LogP contribution >= 0.6 is 22.6 Å². The van der Waals surface area contributed by atoms with E-state index in [0.29, 0.717) is 10.1 Å². The first-order valence-corrected chi connectivity index (χ1v) is 6.78. The summed E-state index contributed by atoms with van der Waals surface area (Å²) in [5.41, 5.74) is 0.462. The van der Waals surface area contributed by atoms with Crippen molar-refractivity contribution in [2.75, 3.05) is 9.74 Å². The minimum atomic E-state index is -4.42. The van der Waals surface area contributed by atoms with Crippen LogP contribution < -0.4 is 64.4 Å². The Morgan fingerprint density at radius 2 is 1.76 bits per heavy atom. The molecule has 0 atom stereocenters. The number of hydrogen-bond donors (Lipinski definition) is 1. The van der Waals surface area contributed by atoms with E-state index in [-0.39, 0.29) is 71.3 Å². The molecular formula is C8H8INNa2O4S. The minimum absolute atomic E-state index is 0. The van der Waals surface area contributed by atoms with Crippen molar-refractivity contribution in [3.8, 4) is 0 Å². The topological polar surface area (TPSA) is 86.3 Å². The van der Waals surface area contributed by atoms with Crippen LogP contribution in [-0.4, -0.2) is 23.3 Å². The van der Waals surface area contributed by atoms with Crippen molar-refractivity contribution in [2.45, 2.75) is 4.90 Å². The van der Waals surface area contributed by atoms with Crippen LogP contribution in [0.5, 0.6) is 0 Å². The van der Waals surface area contributed by atoms with Crippen LogP contribution in [0.25, 0.3) is 0 Å². The molecule has 0 aliphatic carbocycles. The van der Waals surface area contributed by atoms with Gasteiger partial charge in [-0.3, -0.25) is 4.79 Å². The summed E-state index contributed by atoms with van der Waals surface area (Å²) in [4.78, 5) is 10.7. The Kier molecular flexibility index (Phi) is 11.3. The SMILES string of the molecule is O=C(CI)Nc1ccc(S(=O)(=O)[O-])cc1.[H-].[Na+].[Na+]. The molecule has 1 rings (SSSR count). The third-order valence-electron chi connectivity index (χ3n) is 1.55. The second-order valence-corrected chi connectivity index (χ2v) is 4.80. The fourth-order valence-electron chi connectivity index (χ4n) is 0.899. The second-order valence-electron chi connectivity index (χ2n) is 2.66. The maximum atomic E-state index is 11.0. The molecule has 1 aromatic rings. The Bertz CT molecular complexity index is 468. The Morgan fingerprint density at radius 3 is 2.12 bits per heavy atom. The monoisotopic (exact) mass is 387 g/mol. The molecule has 84 valence electrons. The zero-order chi connectivity index (χ0) is 11.5. The van der Waals surface area contributed by atoms with Crippen molar-refractivity contribution in [1.29, 1.82) is 0 Å². The van der Waals surface area contributed by atoms with E-state index in [9.17, 15) is 17.8 Å². The molecule has 0 heterocycles. The standard InChI is InChI=1S/C8H8INO4S.2Na.H/c9-5-8(11)10-6-1-3-7(4-2-6)15(12,13)14;;;/h1-4H,5H2,(H,10,11)(H,12,13,14);;;/q;2*+1;-1/p-1. The number of carbonyl (C=O) groups excluding carboxylic acids is 1. The molecule has 0 spiro atoms. The quantitative estimate of drug-likeness (QED) is 0.244. The smallest absolute Gasteiger partial charge is 1.00 e. The van der Waals surface area contributed by atoms with Gasteiger partial charge in [0.1, 0.15) is 10.1 Å². The van der Waals surface area contributed by atoms with Gasteiger partial charge >= 0.3 is 59.1 Å². The molecule has 0 bridgehead atoms. The van der Waals surface area contributed by atoms with Gasteiger partial charge in [-0.2, -0.15) is 0 Å². The Labute approximate surface area is 159 Å². The van der Waals surface area contributed by atoms with Gasteiger partial charge < -0.3 is 11.3 Å². The van der Waals surface area contributed by atoms with Crippen molar-refractivity contribution in [2.24, 2.45) is 0 Å². The van der Waals surface area contributed by atoms with Crippen LogP contribution in [0.3, 0.4) is 0 Å². The molecule has 1 amide bonds. The molecule has 17 heavy (non-hydrogen) atoms. The zero-order valence-corrected chi connectivity index (χ0v) is 16.4. The Balaban J connectivity index is -0.000000750. The average Bonchev–Trinajstić information content (AvgIpc) is 2.17. The number of anilines is 1. The molecular weight excluding hydrogens is 379 g/mol. The average molecular weight is 387 g/mol. The first-order chi connectivity index (χ1) is 6.93. The molecule has 0 saturated heterocycles. The van der Waals surface area contributed by atoms with E-state index in [1.165, 1.54) is 12.1 Å².